The van der Waals surface area contributed by atoms with Gasteiger partial charge >= 0.3 is 0 Å². The lowest BCUT2D eigenvalue weighted by molar-refractivity contribution is 0.0939. The number of anilines is 1. The van der Waals surface area contributed by atoms with Gasteiger partial charge in [-0.15, -0.1) is 11.3 Å². The molecule has 2 rings (SSSR count). The number of fused-ring (bicyclic) bond motifs is 1. The van der Waals surface area contributed by atoms with Crippen LogP contribution in [-0.4, -0.2) is 31.2 Å². The summed E-state index contributed by atoms with van der Waals surface area (Å²) in [6.45, 7) is 3.19. The molecule has 19 heavy (non-hydrogen) atoms. The van der Waals surface area contributed by atoms with Crippen molar-refractivity contribution in [2.45, 2.75) is 6.92 Å². The summed E-state index contributed by atoms with van der Waals surface area (Å²) in [5.74, 6) is 0.117. The molecule has 0 aliphatic carbocycles. The quantitative estimate of drug-likeness (QED) is 0.876. The number of nitrogens with two attached hydrogens (primary N) is 1. The van der Waals surface area contributed by atoms with Gasteiger partial charge in [-0.1, -0.05) is 6.92 Å². The number of ether oxygens (including phenoxy) is 1. The minimum absolute atomic E-state index is 0.150. The van der Waals surface area contributed by atoms with Crippen molar-refractivity contribution >= 4 is 33.1 Å². The number of nitrogens with zero attached hydrogens (tertiary/aromatic N) is 1. The molecule has 0 saturated heterocycles. The number of rotatable bonds is 5. The summed E-state index contributed by atoms with van der Waals surface area (Å²) in [6, 6.07) is 3.74. The summed E-state index contributed by atoms with van der Waals surface area (Å²) in [6.07, 6.45) is 1.67. The first-order chi connectivity index (χ1) is 9.13. The number of pyridine rings is 1. The molecule has 1 atom stereocenters. The molecule has 2 aromatic heterocycles. The Morgan fingerprint density at radius 2 is 2.42 bits per heavy atom. The van der Waals surface area contributed by atoms with Crippen molar-refractivity contribution in [3.63, 3.8) is 0 Å². The van der Waals surface area contributed by atoms with E-state index in [0.717, 1.165) is 4.70 Å². The fourth-order valence-electron chi connectivity index (χ4n) is 1.81. The van der Waals surface area contributed by atoms with E-state index in [2.05, 4.69) is 10.3 Å². The molecule has 102 valence electrons. The first-order valence-corrected chi connectivity index (χ1v) is 6.85. The largest absolute Gasteiger partial charge is 0.396 e. The summed E-state index contributed by atoms with van der Waals surface area (Å²) < 4.78 is 5.96. The predicted octanol–water partition coefficient (Wildman–Crippen LogP) is 1.89. The van der Waals surface area contributed by atoms with Crippen molar-refractivity contribution in [3.8, 4) is 0 Å². The highest BCUT2D eigenvalue weighted by molar-refractivity contribution is 7.21. The molecule has 0 aromatic carbocycles. The Labute approximate surface area is 115 Å². The van der Waals surface area contributed by atoms with Crippen LogP contribution in [-0.2, 0) is 4.74 Å². The second kappa shape index (κ2) is 5.99. The van der Waals surface area contributed by atoms with E-state index in [1.165, 1.54) is 11.3 Å². The fraction of sp³-hybridized carbons (Fsp3) is 0.385. The molecular weight excluding hydrogens is 262 g/mol. The van der Waals surface area contributed by atoms with Gasteiger partial charge in [0.15, 0.2) is 0 Å². The number of carbonyl (C=O) groups is 1. The van der Waals surface area contributed by atoms with Gasteiger partial charge in [0.05, 0.1) is 17.0 Å². The lowest BCUT2D eigenvalue weighted by atomic mass is 10.2. The van der Waals surface area contributed by atoms with Gasteiger partial charge in [0.1, 0.15) is 10.4 Å². The second-order valence-corrected chi connectivity index (χ2v) is 5.52. The minimum Gasteiger partial charge on any atom is -0.396 e. The van der Waals surface area contributed by atoms with Crippen LogP contribution in [0.1, 0.15) is 16.6 Å². The van der Waals surface area contributed by atoms with E-state index in [0.29, 0.717) is 29.2 Å². The molecule has 3 N–H and O–H groups in total. The van der Waals surface area contributed by atoms with Crippen LogP contribution >= 0.6 is 11.3 Å². The Kier molecular flexibility index (Phi) is 4.34. The fourth-order valence-corrected chi connectivity index (χ4v) is 2.80. The van der Waals surface area contributed by atoms with E-state index in [1.807, 2.05) is 19.1 Å². The molecule has 0 bridgehead atoms. The number of nitrogens with one attached hydrogen (secondary N) is 1. The van der Waals surface area contributed by atoms with Crippen molar-refractivity contribution in [1.29, 1.82) is 0 Å². The Morgan fingerprint density at radius 1 is 1.63 bits per heavy atom. The van der Waals surface area contributed by atoms with Crippen LogP contribution in [0, 0.1) is 5.92 Å². The highest BCUT2D eigenvalue weighted by Crippen LogP contribution is 2.31. The molecule has 0 saturated carbocycles. The maximum absolute atomic E-state index is 12.1. The molecule has 6 heteroatoms. The molecular formula is C13H17N3O2S. The van der Waals surface area contributed by atoms with E-state index < -0.39 is 0 Å². The number of hydrogen-bond acceptors (Lipinski definition) is 5. The third-order valence-corrected chi connectivity index (χ3v) is 3.91. The van der Waals surface area contributed by atoms with Crippen LogP contribution in [0.15, 0.2) is 18.3 Å². The van der Waals surface area contributed by atoms with Gasteiger partial charge < -0.3 is 15.8 Å². The molecule has 1 amide bonds. The number of carbonyl (C=O) groups excluding carboxylic acids is 1. The molecule has 1 unspecified atom stereocenters. The van der Waals surface area contributed by atoms with Crippen molar-refractivity contribution in [1.82, 2.24) is 10.3 Å². The van der Waals surface area contributed by atoms with Gasteiger partial charge in [0, 0.05) is 19.9 Å². The van der Waals surface area contributed by atoms with Crippen molar-refractivity contribution < 1.29 is 9.53 Å². The van der Waals surface area contributed by atoms with Gasteiger partial charge in [-0.3, -0.25) is 9.78 Å². The van der Waals surface area contributed by atoms with E-state index in [-0.39, 0.29) is 11.8 Å². The van der Waals surface area contributed by atoms with E-state index in [9.17, 15) is 4.79 Å². The molecule has 2 heterocycles. The first-order valence-electron chi connectivity index (χ1n) is 6.03. The third kappa shape index (κ3) is 3.02. The molecule has 0 fully saturated rings. The van der Waals surface area contributed by atoms with Crippen LogP contribution in [0.4, 0.5) is 5.69 Å². The molecule has 0 spiro atoms. The monoisotopic (exact) mass is 279 g/mol. The summed E-state index contributed by atoms with van der Waals surface area (Å²) in [4.78, 5) is 16.8. The number of aromatic nitrogens is 1. The Hall–Kier alpha value is -1.66. The standard InChI is InChI=1S/C13H17N3O2S/c1-8(7-18-2)6-16-13(17)12-10(14)11-9(19-12)4-3-5-15-11/h3-5,8H,6-7,14H2,1-2H3,(H,16,17). The molecule has 5 nitrogen and oxygen atoms in total. The molecule has 2 aromatic rings. The van der Waals surface area contributed by atoms with E-state index in [4.69, 9.17) is 10.5 Å². The van der Waals surface area contributed by atoms with Gasteiger partial charge in [0.25, 0.3) is 5.91 Å². The van der Waals surface area contributed by atoms with Crippen LogP contribution < -0.4 is 11.1 Å². The van der Waals surface area contributed by atoms with Gasteiger partial charge in [0.2, 0.25) is 0 Å². The summed E-state index contributed by atoms with van der Waals surface area (Å²) in [5, 5.41) is 2.87. The zero-order valence-electron chi connectivity index (χ0n) is 11.0. The number of amides is 1. The smallest absolute Gasteiger partial charge is 0.263 e. The Balaban J connectivity index is 2.11. The first kappa shape index (κ1) is 13.8. The van der Waals surface area contributed by atoms with E-state index >= 15 is 0 Å². The number of nitrogen functional groups attached to an aromatic ring is 1. The molecule has 0 aliphatic rings. The van der Waals surface area contributed by atoms with Crippen molar-refractivity contribution in [2.24, 2.45) is 5.92 Å². The normalized spacial score (nSPS) is 12.5. The Morgan fingerprint density at radius 3 is 3.11 bits per heavy atom. The SMILES string of the molecule is COCC(C)CNC(=O)c1sc2cccnc2c1N. The predicted molar refractivity (Wildman–Crippen MR) is 77.4 cm³/mol. The average molecular weight is 279 g/mol. The zero-order chi connectivity index (χ0) is 13.8. The number of thiophene rings is 1. The van der Waals surface area contributed by atoms with Crippen molar-refractivity contribution in [3.05, 3.63) is 23.2 Å². The lowest BCUT2D eigenvalue weighted by Crippen LogP contribution is -2.29. The summed E-state index contributed by atoms with van der Waals surface area (Å²) in [5.41, 5.74) is 7.12. The van der Waals surface area contributed by atoms with Crippen molar-refractivity contribution in [2.75, 3.05) is 26.0 Å². The molecule has 0 radical (unpaired) electrons. The van der Waals surface area contributed by atoms with Gasteiger partial charge in [-0.05, 0) is 18.1 Å². The minimum atomic E-state index is -0.150. The van der Waals surface area contributed by atoms with Gasteiger partial charge in [-0.25, -0.2) is 0 Å². The molecule has 0 aliphatic heterocycles. The third-order valence-electron chi connectivity index (χ3n) is 2.75. The highest BCUT2D eigenvalue weighted by atomic mass is 32.1. The van der Waals surface area contributed by atoms with E-state index in [1.54, 1.807) is 13.3 Å². The highest BCUT2D eigenvalue weighted by Gasteiger charge is 2.17. The topological polar surface area (TPSA) is 77.2 Å². The van der Waals surface area contributed by atoms with Crippen LogP contribution in [0.3, 0.4) is 0 Å². The summed E-state index contributed by atoms with van der Waals surface area (Å²) >= 11 is 1.37. The second-order valence-electron chi connectivity index (χ2n) is 4.47. The maximum Gasteiger partial charge on any atom is 0.263 e. The zero-order valence-corrected chi connectivity index (χ0v) is 11.8. The van der Waals surface area contributed by atoms with Crippen LogP contribution in [0.2, 0.25) is 0 Å². The van der Waals surface area contributed by atoms with Gasteiger partial charge in [-0.2, -0.15) is 0 Å². The van der Waals surface area contributed by atoms with Crippen LogP contribution in [0.25, 0.3) is 10.2 Å². The number of hydrogen-bond donors (Lipinski definition) is 2. The number of methoxy groups -OCH3 is 1. The van der Waals surface area contributed by atoms with Crippen LogP contribution in [0.5, 0.6) is 0 Å². The maximum atomic E-state index is 12.1. The lowest BCUT2D eigenvalue weighted by Gasteiger charge is -2.10. The average Bonchev–Trinajstić information content (AvgIpc) is 2.74. The summed E-state index contributed by atoms with van der Waals surface area (Å²) in [7, 11) is 1.65. The Bertz CT molecular complexity index is 582.